The molecule has 56 heavy (non-hydrogen) atoms. The number of hydrogen-bond acceptors (Lipinski definition) is 3. The normalized spacial score (nSPS) is 11.9. The van der Waals surface area contributed by atoms with E-state index < -0.39 is 0 Å². The molecule has 0 aliphatic heterocycles. The van der Waals surface area contributed by atoms with Crippen molar-refractivity contribution in [1.29, 1.82) is 0 Å². The van der Waals surface area contributed by atoms with Crippen molar-refractivity contribution < 1.29 is 4.42 Å². The Balaban J connectivity index is 1.17. The van der Waals surface area contributed by atoms with E-state index in [1.54, 1.807) is 0 Å². The molecule has 0 atom stereocenters. The van der Waals surface area contributed by atoms with E-state index in [2.05, 4.69) is 171 Å². The lowest BCUT2D eigenvalue weighted by atomic mass is 10.1. The SMILES string of the molecule is c1ccc(-c2nnc(-c3cccc4c3c3ccccc3n4-c3ccccc3-n3c4ccccc4c4ccc5c6ccccc6oc5c43)n2-c2ccccc2)cc1. The molecule has 4 heterocycles. The molecule has 0 fully saturated rings. The minimum Gasteiger partial charge on any atom is -0.454 e. The van der Waals surface area contributed by atoms with Crippen LogP contribution in [0.25, 0.3) is 105 Å². The van der Waals surface area contributed by atoms with Crippen LogP contribution in [0.1, 0.15) is 0 Å². The van der Waals surface area contributed by atoms with Gasteiger partial charge in [-0.15, -0.1) is 10.2 Å². The van der Waals surface area contributed by atoms with E-state index in [0.717, 1.165) is 100 Å². The summed E-state index contributed by atoms with van der Waals surface area (Å²) in [6.45, 7) is 0. The number of aromatic nitrogens is 5. The summed E-state index contributed by atoms with van der Waals surface area (Å²) in [5.74, 6) is 1.58. The standard InChI is InChI=1S/C50H31N5O/c1-3-16-32(17-4-1)49-51-52-50(53(49)33-18-5-2-6-19-33)39-23-15-28-44-46(39)38-22-8-11-25-41(38)54(44)42-26-12-13-27-43(42)55-40-24-10-7-20-34(40)36-30-31-37-35-21-9-14-29-45(35)56-48(37)47(36)55/h1-31H. The van der Waals surface area contributed by atoms with Gasteiger partial charge in [-0.05, 0) is 54.6 Å². The van der Waals surface area contributed by atoms with E-state index in [-0.39, 0.29) is 0 Å². The Hall–Kier alpha value is -7.70. The van der Waals surface area contributed by atoms with Gasteiger partial charge in [0.2, 0.25) is 0 Å². The van der Waals surface area contributed by atoms with E-state index in [1.807, 2.05) is 30.3 Å². The second-order valence-electron chi connectivity index (χ2n) is 14.2. The van der Waals surface area contributed by atoms with Gasteiger partial charge in [-0.25, -0.2) is 0 Å². The van der Waals surface area contributed by atoms with Gasteiger partial charge in [0.15, 0.2) is 17.2 Å². The lowest BCUT2D eigenvalue weighted by Crippen LogP contribution is -2.03. The molecule has 0 amide bonds. The van der Waals surface area contributed by atoms with Crippen LogP contribution >= 0.6 is 0 Å². The fourth-order valence-corrected chi connectivity index (χ4v) is 8.84. The van der Waals surface area contributed by atoms with Crippen LogP contribution in [0.4, 0.5) is 0 Å². The third kappa shape index (κ3) is 4.32. The first-order valence-electron chi connectivity index (χ1n) is 18.9. The van der Waals surface area contributed by atoms with Crippen LogP contribution in [-0.2, 0) is 0 Å². The monoisotopic (exact) mass is 717 g/mol. The molecule has 0 spiro atoms. The van der Waals surface area contributed by atoms with Crippen LogP contribution in [0.2, 0.25) is 0 Å². The van der Waals surface area contributed by atoms with Crippen molar-refractivity contribution in [3.05, 3.63) is 188 Å². The average molecular weight is 718 g/mol. The number of furan rings is 1. The van der Waals surface area contributed by atoms with Crippen molar-refractivity contribution in [2.75, 3.05) is 0 Å². The Morgan fingerprint density at radius 1 is 0.375 bits per heavy atom. The fraction of sp³-hybridized carbons (Fsp3) is 0. The maximum atomic E-state index is 6.73. The Bertz CT molecular complexity index is 3480. The van der Waals surface area contributed by atoms with E-state index in [4.69, 9.17) is 14.6 Å². The van der Waals surface area contributed by atoms with Crippen molar-refractivity contribution >= 4 is 65.6 Å². The van der Waals surface area contributed by atoms with Crippen molar-refractivity contribution in [2.24, 2.45) is 0 Å². The molecule has 262 valence electrons. The zero-order valence-electron chi connectivity index (χ0n) is 30.0. The molecular weight excluding hydrogens is 687 g/mol. The molecular formula is C50H31N5O. The Kier molecular flexibility index (Phi) is 6.53. The van der Waals surface area contributed by atoms with Crippen molar-refractivity contribution in [3.63, 3.8) is 0 Å². The summed E-state index contributed by atoms with van der Waals surface area (Å²) < 4.78 is 13.7. The molecule has 8 aromatic carbocycles. The molecule has 0 saturated carbocycles. The molecule has 6 nitrogen and oxygen atoms in total. The van der Waals surface area contributed by atoms with Gasteiger partial charge in [0, 0.05) is 49.1 Å². The number of para-hydroxylation sites is 6. The van der Waals surface area contributed by atoms with Crippen LogP contribution in [0.15, 0.2) is 192 Å². The summed E-state index contributed by atoms with van der Waals surface area (Å²) in [5, 5.41) is 16.6. The molecule has 12 rings (SSSR count). The Morgan fingerprint density at radius 3 is 1.77 bits per heavy atom. The van der Waals surface area contributed by atoms with Crippen molar-refractivity contribution in [3.8, 4) is 39.8 Å². The van der Waals surface area contributed by atoms with E-state index in [0.29, 0.717) is 0 Å². The number of nitrogens with zero attached hydrogens (tertiary/aromatic N) is 5. The van der Waals surface area contributed by atoms with E-state index in [1.165, 1.54) is 5.39 Å². The lowest BCUT2D eigenvalue weighted by molar-refractivity contribution is 0.671. The largest absolute Gasteiger partial charge is 0.454 e. The summed E-state index contributed by atoms with van der Waals surface area (Å²) >= 11 is 0. The van der Waals surface area contributed by atoms with Gasteiger partial charge < -0.3 is 13.6 Å². The number of rotatable bonds is 5. The molecule has 12 aromatic rings. The number of fused-ring (bicyclic) bond motifs is 10. The summed E-state index contributed by atoms with van der Waals surface area (Å²) in [5.41, 5.74) is 11.2. The van der Waals surface area contributed by atoms with Crippen LogP contribution in [0.5, 0.6) is 0 Å². The van der Waals surface area contributed by atoms with E-state index >= 15 is 0 Å². The Labute approximate surface area is 320 Å². The smallest absolute Gasteiger partial charge is 0.169 e. The van der Waals surface area contributed by atoms with Gasteiger partial charge >= 0.3 is 0 Å². The number of benzene rings is 8. The second-order valence-corrected chi connectivity index (χ2v) is 14.2. The topological polar surface area (TPSA) is 53.7 Å². The summed E-state index contributed by atoms with van der Waals surface area (Å²) in [7, 11) is 0. The molecule has 0 N–H and O–H groups in total. The molecule has 0 radical (unpaired) electrons. The predicted octanol–water partition coefficient (Wildman–Crippen LogP) is 12.7. The second kappa shape index (κ2) is 11.9. The molecule has 6 heteroatoms. The highest BCUT2D eigenvalue weighted by Gasteiger charge is 2.25. The van der Waals surface area contributed by atoms with Gasteiger partial charge in [-0.2, -0.15) is 0 Å². The predicted molar refractivity (Wildman–Crippen MR) is 228 cm³/mol. The summed E-state index contributed by atoms with van der Waals surface area (Å²) in [6, 6.07) is 66.1. The van der Waals surface area contributed by atoms with Crippen molar-refractivity contribution in [2.45, 2.75) is 0 Å². The first-order valence-corrected chi connectivity index (χ1v) is 18.9. The minimum absolute atomic E-state index is 0.784. The molecule has 0 bridgehead atoms. The minimum atomic E-state index is 0.784. The fourth-order valence-electron chi connectivity index (χ4n) is 8.84. The molecule has 0 unspecified atom stereocenters. The summed E-state index contributed by atoms with van der Waals surface area (Å²) in [4.78, 5) is 0. The quantitative estimate of drug-likeness (QED) is 0.178. The molecule has 4 aromatic heterocycles. The highest BCUT2D eigenvalue weighted by molar-refractivity contribution is 6.22. The third-order valence-electron chi connectivity index (χ3n) is 11.2. The van der Waals surface area contributed by atoms with Crippen LogP contribution in [0.3, 0.4) is 0 Å². The maximum Gasteiger partial charge on any atom is 0.169 e. The van der Waals surface area contributed by atoms with Crippen molar-refractivity contribution in [1.82, 2.24) is 23.9 Å². The third-order valence-corrected chi connectivity index (χ3v) is 11.2. The van der Waals surface area contributed by atoms with Gasteiger partial charge in [-0.3, -0.25) is 4.57 Å². The van der Waals surface area contributed by atoms with Gasteiger partial charge in [-0.1, -0.05) is 133 Å². The molecule has 0 aliphatic rings. The summed E-state index contributed by atoms with van der Waals surface area (Å²) in [6.07, 6.45) is 0. The van der Waals surface area contributed by atoms with Crippen LogP contribution in [0, 0.1) is 0 Å². The first-order chi connectivity index (χ1) is 27.8. The number of hydrogen-bond donors (Lipinski definition) is 0. The highest BCUT2D eigenvalue weighted by atomic mass is 16.3. The zero-order valence-corrected chi connectivity index (χ0v) is 30.0. The Morgan fingerprint density at radius 2 is 0.964 bits per heavy atom. The highest BCUT2D eigenvalue weighted by Crippen LogP contribution is 2.44. The lowest BCUT2D eigenvalue weighted by Gasteiger charge is -2.17. The molecule has 0 saturated heterocycles. The first kappa shape index (κ1) is 30.7. The molecule has 0 aliphatic carbocycles. The van der Waals surface area contributed by atoms with E-state index in [9.17, 15) is 0 Å². The van der Waals surface area contributed by atoms with Gasteiger partial charge in [0.1, 0.15) is 5.58 Å². The van der Waals surface area contributed by atoms with Crippen LogP contribution in [-0.4, -0.2) is 23.9 Å². The average Bonchev–Trinajstić information content (AvgIpc) is 4.04. The van der Waals surface area contributed by atoms with Crippen LogP contribution < -0.4 is 0 Å². The van der Waals surface area contributed by atoms with Gasteiger partial charge in [0.25, 0.3) is 0 Å². The maximum absolute atomic E-state index is 6.73. The van der Waals surface area contributed by atoms with Gasteiger partial charge in [0.05, 0.1) is 33.4 Å². The zero-order chi connectivity index (χ0) is 36.7.